The molecule has 1 aliphatic heterocycles. The number of hydrogen-bond acceptors (Lipinski definition) is 3. The number of aromatic carboxylic acids is 1. The van der Waals surface area contributed by atoms with Crippen LogP contribution in [0, 0.1) is 5.82 Å². The van der Waals surface area contributed by atoms with E-state index in [1.54, 1.807) is 4.90 Å². The van der Waals surface area contributed by atoms with Gasteiger partial charge in [-0.3, -0.25) is 0 Å². The molecule has 102 valence electrons. The van der Waals surface area contributed by atoms with Gasteiger partial charge in [0.2, 0.25) is 0 Å². The molecule has 2 amide bonds. The van der Waals surface area contributed by atoms with Crippen LogP contribution < -0.4 is 10.1 Å². The van der Waals surface area contributed by atoms with Crippen molar-refractivity contribution in [1.29, 1.82) is 0 Å². The molecule has 1 saturated heterocycles. The monoisotopic (exact) mass is 268 g/mol. The zero-order valence-electron chi connectivity index (χ0n) is 10.1. The fourth-order valence-electron chi connectivity index (χ4n) is 1.77. The zero-order valence-corrected chi connectivity index (χ0v) is 10.1. The third kappa shape index (κ3) is 3.34. The van der Waals surface area contributed by atoms with Crippen molar-refractivity contribution < 1.29 is 23.8 Å². The van der Waals surface area contributed by atoms with E-state index in [9.17, 15) is 14.0 Å². The normalized spacial score (nSPS) is 14.4. The molecule has 1 aliphatic rings. The molecule has 2 N–H and O–H groups in total. The Balaban J connectivity index is 1.92. The molecular formula is C12H13FN2O4. The zero-order chi connectivity index (χ0) is 13.8. The van der Waals surface area contributed by atoms with Crippen LogP contribution in [0.4, 0.5) is 9.18 Å². The van der Waals surface area contributed by atoms with Gasteiger partial charge in [0, 0.05) is 19.2 Å². The Morgan fingerprint density at radius 2 is 2.26 bits per heavy atom. The van der Waals surface area contributed by atoms with Crippen LogP contribution in [-0.2, 0) is 0 Å². The molecule has 0 radical (unpaired) electrons. The van der Waals surface area contributed by atoms with Crippen LogP contribution in [0.2, 0.25) is 0 Å². The molecule has 0 atom stereocenters. The first-order valence-electron chi connectivity index (χ1n) is 5.76. The molecule has 1 heterocycles. The summed E-state index contributed by atoms with van der Waals surface area (Å²) in [5, 5.41) is 11.4. The van der Waals surface area contributed by atoms with Gasteiger partial charge in [-0.05, 0) is 12.1 Å². The molecule has 0 spiro atoms. The molecule has 1 aromatic rings. The molecule has 0 saturated carbocycles. The Labute approximate surface area is 108 Å². The van der Waals surface area contributed by atoms with Crippen LogP contribution in [0.3, 0.4) is 0 Å². The van der Waals surface area contributed by atoms with Gasteiger partial charge in [-0.2, -0.15) is 0 Å². The number of carbonyl (C=O) groups excluding carboxylic acids is 1. The summed E-state index contributed by atoms with van der Waals surface area (Å²) in [6.07, 6.45) is 0. The van der Waals surface area contributed by atoms with Gasteiger partial charge >= 0.3 is 12.0 Å². The van der Waals surface area contributed by atoms with Crippen molar-refractivity contribution in [3.63, 3.8) is 0 Å². The number of carboxylic acids is 1. The van der Waals surface area contributed by atoms with Gasteiger partial charge in [0.05, 0.1) is 12.1 Å². The lowest BCUT2D eigenvalue weighted by molar-refractivity contribution is 0.0695. The van der Waals surface area contributed by atoms with Crippen molar-refractivity contribution in [2.75, 3.05) is 26.2 Å². The summed E-state index contributed by atoms with van der Waals surface area (Å²) < 4.78 is 18.4. The third-order valence-corrected chi connectivity index (χ3v) is 2.69. The summed E-state index contributed by atoms with van der Waals surface area (Å²) in [4.78, 5) is 23.6. The number of rotatable bonds is 5. The lowest BCUT2D eigenvalue weighted by Crippen LogP contribution is -2.31. The SMILES string of the molecule is O=C(O)c1cc(F)cc(OCCN2CCNC2=O)c1. The van der Waals surface area contributed by atoms with Crippen LogP contribution in [0.1, 0.15) is 10.4 Å². The van der Waals surface area contributed by atoms with E-state index in [1.807, 2.05) is 0 Å². The van der Waals surface area contributed by atoms with Crippen molar-refractivity contribution in [1.82, 2.24) is 10.2 Å². The molecule has 0 unspecified atom stereocenters. The van der Waals surface area contributed by atoms with Crippen LogP contribution >= 0.6 is 0 Å². The van der Waals surface area contributed by atoms with Crippen molar-refractivity contribution in [3.8, 4) is 5.75 Å². The molecule has 0 aromatic heterocycles. The van der Waals surface area contributed by atoms with E-state index in [2.05, 4.69) is 5.32 Å². The predicted molar refractivity (Wildman–Crippen MR) is 63.8 cm³/mol. The first kappa shape index (κ1) is 13.1. The number of urea groups is 1. The molecule has 0 bridgehead atoms. The number of benzene rings is 1. The Morgan fingerprint density at radius 1 is 1.47 bits per heavy atom. The molecule has 6 nitrogen and oxygen atoms in total. The van der Waals surface area contributed by atoms with Crippen LogP contribution in [0.5, 0.6) is 5.75 Å². The average Bonchev–Trinajstić information content (AvgIpc) is 2.74. The highest BCUT2D eigenvalue weighted by atomic mass is 19.1. The minimum absolute atomic E-state index is 0.136. The van der Waals surface area contributed by atoms with Crippen LogP contribution in [0.15, 0.2) is 18.2 Å². The fraction of sp³-hybridized carbons (Fsp3) is 0.333. The van der Waals surface area contributed by atoms with E-state index in [4.69, 9.17) is 9.84 Å². The summed E-state index contributed by atoms with van der Waals surface area (Å²) in [5.41, 5.74) is -0.172. The summed E-state index contributed by atoms with van der Waals surface area (Å²) in [6, 6.07) is 3.11. The Hall–Kier alpha value is -2.31. The maximum atomic E-state index is 13.2. The van der Waals surface area contributed by atoms with Crippen molar-refractivity contribution >= 4 is 12.0 Å². The number of ether oxygens (including phenoxy) is 1. The smallest absolute Gasteiger partial charge is 0.335 e. The first-order chi connectivity index (χ1) is 9.06. The van der Waals surface area contributed by atoms with E-state index in [1.165, 1.54) is 6.07 Å². The Morgan fingerprint density at radius 3 is 2.89 bits per heavy atom. The minimum Gasteiger partial charge on any atom is -0.492 e. The van der Waals surface area contributed by atoms with Gasteiger partial charge < -0.3 is 20.1 Å². The Kier molecular flexibility index (Phi) is 3.84. The molecule has 1 fully saturated rings. The minimum atomic E-state index is -1.22. The fourth-order valence-corrected chi connectivity index (χ4v) is 1.77. The standard InChI is InChI=1S/C12H13FN2O4/c13-9-5-8(11(16)17)6-10(7-9)19-4-3-15-2-1-14-12(15)18/h5-7H,1-4H2,(H,14,18)(H,16,17). The first-order valence-corrected chi connectivity index (χ1v) is 5.76. The molecule has 0 aliphatic carbocycles. The van der Waals surface area contributed by atoms with E-state index in [0.717, 1.165) is 12.1 Å². The number of carboxylic acid groups (broad SMARTS) is 1. The number of halogens is 1. The van der Waals surface area contributed by atoms with Crippen molar-refractivity contribution in [3.05, 3.63) is 29.6 Å². The lowest BCUT2D eigenvalue weighted by atomic mass is 10.2. The second kappa shape index (κ2) is 5.55. The average molecular weight is 268 g/mol. The number of hydrogen-bond donors (Lipinski definition) is 2. The second-order valence-corrected chi connectivity index (χ2v) is 4.05. The highest BCUT2D eigenvalue weighted by molar-refractivity contribution is 5.88. The van der Waals surface area contributed by atoms with Gasteiger partial charge in [-0.25, -0.2) is 14.0 Å². The third-order valence-electron chi connectivity index (χ3n) is 2.69. The van der Waals surface area contributed by atoms with Crippen LogP contribution in [-0.4, -0.2) is 48.2 Å². The number of nitrogens with one attached hydrogen (secondary N) is 1. The topological polar surface area (TPSA) is 78.9 Å². The van der Waals surface area contributed by atoms with Gasteiger partial charge in [0.1, 0.15) is 18.2 Å². The summed E-state index contributed by atoms with van der Waals surface area (Å²) >= 11 is 0. The van der Waals surface area contributed by atoms with E-state index in [-0.39, 0.29) is 24.0 Å². The lowest BCUT2D eigenvalue weighted by Gasteiger charge is -2.14. The summed E-state index contributed by atoms with van der Waals surface area (Å²) in [6.45, 7) is 1.74. The predicted octanol–water partition coefficient (Wildman–Crippen LogP) is 0.928. The van der Waals surface area contributed by atoms with E-state index >= 15 is 0 Å². The second-order valence-electron chi connectivity index (χ2n) is 4.05. The van der Waals surface area contributed by atoms with Crippen molar-refractivity contribution in [2.24, 2.45) is 0 Å². The quantitative estimate of drug-likeness (QED) is 0.832. The molecule has 7 heteroatoms. The van der Waals surface area contributed by atoms with E-state index < -0.39 is 11.8 Å². The highest BCUT2D eigenvalue weighted by Gasteiger charge is 2.18. The van der Waals surface area contributed by atoms with Gasteiger partial charge in [-0.15, -0.1) is 0 Å². The van der Waals surface area contributed by atoms with Crippen molar-refractivity contribution in [2.45, 2.75) is 0 Å². The maximum absolute atomic E-state index is 13.2. The molecule has 2 rings (SSSR count). The highest BCUT2D eigenvalue weighted by Crippen LogP contribution is 2.16. The Bertz CT molecular complexity index is 507. The molecular weight excluding hydrogens is 255 g/mol. The summed E-state index contributed by atoms with van der Waals surface area (Å²) in [5.74, 6) is -1.76. The molecule has 1 aromatic carbocycles. The largest absolute Gasteiger partial charge is 0.492 e. The number of carbonyl (C=O) groups is 2. The van der Waals surface area contributed by atoms with Gasteiger partial charge in [-0.1, -0.05) is 0 Å². The number of amides is 2. The van der Waals surface area contributed by atoms with Crippen LogP contribution in [0.25, 0.3) is 0 Å². The maximum Gasteiger partial charge on any atom is 0.335 e. The van der Waals surface area contributed by atoms with E-state index in [0.29, 0.717) is 19.6 Å². The summed E-state index contributed by atoms with van der Waals surface area (Å²) in [7, 11) is 0. The molecule has 19 heavy (non-hydrogen) atoms. The number of nitrogens with zero attached hydrogens (tertiary/aromatic N) is 1. The van der Waals surface area contributed by atoms with Gasteiger partial charge in [0.15, 0.2) is 0 Å². The van der Waals surface area contributed by atoms with Gasteiger partial charge in [0.25, 0.3) is 0 Å².